The van der Waals surface area contributed by atoms with Crippen LogP contribution in [0.25, 0.3) is 0 Å². The fourth-order valence-corrected chi connectivity index (χ4v) is 5.86. The van der Waals surface area contributed by atoms with E-state index in [-0.39, 0.29) is 30.2 Å². The third-order valence-corrected chi connectivity index (χ3v) is 7.24. The van der Waals surface area contributed by atoms with Crippen LogP contribution in [0.5, 0.6) is 0 Å². The standard InChI is InChI=1S/C21H30N4O4.CH2O2/c1-12-7-17(23-29-12)20(26)22-14-4-3-13(8-24(2)9-14)21(27)25-10-15-16(11-25)19-6-5-18(15)28-19;2-1-3/h7,13-16,18-19H,3-6,8-11H2,1-2H3,(H,22,26);1H,(H,2,3)/t13-,14+,15-,16+,18+,19-;/m1./s1. The largest absolute Gasteiger partial charge is 0.483 e. The van der Waals surface area contributed by atoms with Crippen molar-refractivity contribution in [3.8, 4) is 0 Å². The lowest BCUT2D eigenvalue weighted by Gasteiger charge is -2.26. The maximum absolute atomic E-state index is 13.3. The highest BCUT2D eigenvalue weighted by molar-refractivity contribution is 5.92. The van der Waals surface area contributed by atoms with E-state index in [1.165, 1.54) is 0 Å². The van der Waals surface area contributed by atoms with Gasteiger partial charge in [-0.15, -0.1) is 0 Å². The molecule has 0 aromatic carbocycles. The third-order valence-electron chi connectivity index (χ3n) is 7.24. The summed E-state index contributed by atoms with van der Waals surface area (Å²) in [5.74, 6) is 1.76. The number of aryl methyl sites for hydroxylation is 1. The Balaban J connectivity index is 0.000000775. The molecule has 32 heavy (non-hydrogen) atoms. The summed E-state index contributed by atoms with van der Waals surface area (Å²) in [5.41, 5.74) is 0.308. The molecule has 2 amide bonds. The predicted molar refractivity (Wildman–Crippen MR) is 113 cm³/mol. The van der Waals surface area contributed by atoms with E-state index in [4.69, 9.17) is 19.2 Å². The van der Waals surface area contributed by atoms with Crippen molar-refractivity contribution in [1.82, 2.24) is 20.3 Å². The van der Waals surface area contributed by atoms with Gasteiger partial charge in [0.15, 0.2) is 5.69 Å². The summed E-state index contributed by atoms with van der Waals surface area (Å²) in [7, 11) is 2.03. The molecule has 2 bridgehead atoms. The van der Waals surface area contributed by atoms with Gasteiger partial charge in [0.05, 0.1) is 18.1 Å². The molecule has 10 nitrogen and oxygen atoms in total. The van der Waals surface area contributed by atoms with Gasteiger partial charge in [-0.2, -0.15) is 0 Å². The van der Waals surface area contributed by atoms with Crippen molar-refractivity contribution in [3.05, 3.63) is 17.5 Å². The van der Waals surface area contributed by atoms with E-state index in [0.717, 1.165) is 51.9 Å². The molecule has 6 atom stereocenters. The second-order valence-electron chi connectivity index (χ2n) is 9.46. The van der Waals surface area contributed by atoms with Crippen LogP contribution in [0.15, 0.2) is 10.6 Å². The molecule has 1 aromatic heterocycles. The molecule has 4 fully saturated rings. The number of fused-ring (bicyclic) bond motifs is 5. The summed E-state index contributed by atoms with van der Waals surface area (Å²) in [6.45, 7) is 4.70. The number of carbonyl (C=O) groups excluding carboxylic acids is 2. The summed E-state index contributed by atoms with van der Waals surface area (Å²) in [6, 6.07) is 1.65. The van der Waals surface area contributed by atoms with E-state index in [1.807, 2.05) is 7.05 Å². The van der Waals surface area contributed by atoms with Crippen molar-refractivity contribution in [2.45, 2.75) is 50.9 Å². The molecule has 4 aliphatic heterocycles. The molecule has 176 valence electrons. The van der Waals surface area contributed by atoms with E-state index in [2.05, 4.69) is 20.3 Å². The predicted octanol–water partition coefficient (Wildman–Crippen LogP) is 0.760. The number of hydrogen-bond acceptors (Lipinski definition) is 7. The Morgan fingerprint density at radius 2 is 1.78 bits per heavy atom. The number of likely N-dealkylation sites (tertiary alicyclic amines) is 2. The van der Waals surface area contributed by atoms with Crippen LogP contribution in [0.4, 0.5) is 0 Å². The minimum Gasteiger partial charge on any atom is -0.483 e. The average molecular weight is 449 g/mol. The number of nitrogens with one attached hydrogen (secondary N) is 1. The molecular weight excluding hydrogens is 416 g/mol. The van der Waals surface area contributed by atoms with E-state index >= 15 is 0 Å². The maximum atomic E-state index is 13.3. The fraction of sp³-hybridized carbons (Fsp3) is 0.727. The van der Waals surface area contributed by atoms with Gasteiger partial charge < -0.3 is 29.5 Å². The molecule has 0 saturated carbocycles. The zero-order chi connectivity index (χ0) is 22.8. The lowest BCUT2D eigenvalue weighted by molar-refractivity contribution is -0.135. The lowest BCUT2D eigenvalue weighted by atomic mass is 9.82. The third kappa shape index (κ3) is 4.66. The van der Waals surface area contributed by atoms with E-state index in [1.54, 1.807) is 13.0 Å². The number of carbonyl (C=O) groups is 3. The smallest absolute Gasteiger partial charge is 0.290 e. The molecule has 4 saturated heterocycles. The van der Waals surface area contributed by atoms with Crippen molar-refractivity contribution in [2.24, 2.45) is 17.8 Å². The van der Waals surface area contributed by atoms with Gasteiger partial charge in [0.1, 0.15) is 5.76 Å². The fourth-order valence-electron chi connectivity index (χ4n) is 5.86. The zero-order valence-corrected chi connectivity index (χ0v) is 18.6. The number of likely N-dealkylation sites (N-methyl/N-ethyl adjacent to an activating group) is 1. The number of rotatable bonds is 3. The Hall–Kier alpha value is -2.46. The van der Waals surface area contributed by atoms with Crippen LogP contribution < -0.4 is 5.32 Å². The van der Waals surface area contributed by atoms with Gasteiger partial charge in [-0.25, -0.2) is 0 Å². The van der Waals surface area contributed by atoms with Crippen LogP contribution in [-0.2, 0) is 14.3 Å². The van der Waals surface area contributed by atoms with Gasteiger partial charge in [0.25, 0.3) is 12.4 Å². The number of nitrogens with zero attached hydrogens (tertiary/aromatic N) is 3. The molecule has 0 spiro atoms. The highest BCUT2D eigenvalue weighted by Gasteiger charge is 2.54. The summed E-state index contributed by atoms with van der Waals surface area (Å²) in [5, 5.41) is 13.7. The molecule has 10 heteroatoms. The monoisotopic (exact) mass is 448 g/mol. The first-order valence-electron chi connectivity index (χ1n) is 11.3. The highest BCUT2D eigenvalue weighted by Crippen LogP contribution is 2.47. The zero-order valence-electron chi connectivity index (χ0n) is 18.6. The Kier molecular flexibility index (Phi) is 6.80. The van der Waals surface area contributed by atoms with E-state index in [9.17, 15) is 9.59 Å². The summed E-state index contributed by atoms with van der Waals surface area (Å²) in [6.07, 6.45) is 4.65. The van der Waals surface area contributed by atoms with Crippen LogP contribution in [0.3, 0.4) is 0 Å². The molecule has 5 heterocycles. The molecule has 4 aliphatic rings. The van der Waals surface area contributed by atoms with Gasteiger partial charge in [0.2, 0.25) is 5.91 Å². The first-order chi connectivity index (χ1) is 15.4. The average Bonchev–Trinajstić information content (AvgIpc) is 3.51. The summed E-state index contributed by atoms with van der Waals surface area (Å²) >= 11 is 0. The second kappa shape index (κ2) is 9.58. The molecule has 0 unspecified atom stereocenters. The van der Waals surface area contributed by atoms with Gasteiger partial charge in [0, 0.05) is 50.1 Å². The number of ether oxygens (including phenoxy) is 1. The number of hydrogen-bond donors (Lipinski definition) is 2. The molecule has 1 aromatic rings. The van der Waals surface area contributed by atoms with Crippen LogP contribution in [0.1, 0.15) is 41.9 Å². The molecule has 0 radical (unpaired) electrons. The summed E-state index contributed by atoms with van der Waals surface area (Å²) < 4.78 is 11.0. The van der Waals surface area contributed by atoms with Gasteiger partial charge in [-0.1, -0.05) is 5.16 Å². The maximum Gasteiger partial charge on any atom is 0.290 e. The Bertz CT molecular complexity index is 826. The molecule has 2 N–H and O–H groups in total. The number of carboxylic acid groups (broad SMARTS) is 1. The Morgan fingerprint density at radius 3 is 2.38 bits per heavy atom. The van der Waals surface area contributed by atoms with Crippen LogP contribution in [0, 0.1) is 24.7 Å². The van der Waals surface area contributed by atoms with Gasteiger partial charge >= 0.3 is 0 Å². The minimum absolute atomic E-state index is 0.00418. The van der Waals surface area contributed by atoms with Crippen molar-refractivity contribution in [2.75, 3.05) is 33.2 Å². The van der Waals surface area contributed by atoms with Crippen molar-refractivity contribution < 1.29 is 28.8 Å². The highest BCUT2D eigenvalue weighted by atomic mass is 16.5. The van der Waals surface area contributed by atoms with Crippen molar-refractivity contribution in [1.29, 1.82) is 0 Å². The molecule has 0 aliphatic carbocycles. The topological polar surface area (TPSA) is 125 Å². The van der Waals surface area contributed by atoms with Crippen LogP contribution >= 0.6 is 0 Å². The Morgan fingerprint density at radius 1 is 1.12 bits per heavy atom. The van der Waals surface area contributed by atoms with Gasteiger partial charge in [-0.3, -0.25) is 14.4 Å². The minimum atomic E-state index is -0.250. The second-order valence-corrected chi connectivity index (χ2v) is 9.46. The SMILES string of the molecule is Cc1cc(C(=O)N[C@H]2CC[C@@H](C(=O)N3C[C@@H]4[C@H](C3)[C@H]3CC[C@@H]4O3)CN(C)C2)no1.O=CO. The Labute approximate surface area is 187 Å². The summed E-state index contributed by atoms with van der Waals surface area (Å²) in [4.78, 5) is 38.3. The van der Waals surface area contributed by atoms with Crippen molar-refractivity contribution >= 4 is 18.3 Å². The normalized spacial score (nSPS) is 33.8. The van der Waals surface area contributed by atoms with Crippen molar-refractivity contribution in [3.63, 3.8) is 0 Å². The molecule has 5 rings (SSSR count). The van der Waals surface area contributed by atoms with E-state index in [0.29, 0.717) is 35.5 Å². The first-order valence-corrected chi connectivity index (χ1v) is 11.3. The number of aromatic nitrogens is 1. The van der Waals surface area contributed by atoms with Gasteiger partial charge in [-0.05, 0) is 39.7 Å². The first kappa shape index (κ1) is 22.7. The van der Waals surface area contributed by atoms with E-state index < -0.39 is 0 Å². The number of amides is 2. The van der Waals surface area contributed by atoms with Crippen LogP contribution in [0.2, 0.25) is 0 Å². The van der Waals surface area contributed by atoms with Crippen LogP contribution in [-0.4, -0.2) is 89.8 Å². The lowest BCUT2D eigenvalue weighted by Crippen LogP contribution is -2.42. The quantitative estimate of drug-likeness (QED) is 0.650. The molecular formula is C22H32N4O6.